The molecule has 2 rings (SSSR count). The summed E-state index contributed by atoms with van der Waals surface area (Å²) in [6.07, 6.45) is 0. The molecule has 0 unspecified atom stereocenters. The summed E-state index contributed by atoms with van der Waals surface area (Å²) in [6.45, 7) is 0. The van der Waals surface area contributed by atoms with E-state index in [1.54, 1.807) is 0 Å². The zero-order valence-corrected chi connectivity index (χ0v) is 8.54. The molecular formula is C12H12ClN. The van der Waals surface area contributed by atoms with Crippen LogP contribution >= 0.6 is 0 Å². The fraction of sp³-hybridized carbons (Fsp3) is 0. The third-order valence-corrected chi connectivity index (χ3v) is 2.10. The second-order valence-electron chi connectivity index (χ2n) is 3.02. The maximum absolute atomic E-state index is 4.00. The second-order valence-corrected chi connectivity index (χ2v) is 3.02. The molecule has 14 heavy (non-hydrogen) atoms. The van der Waals surface area contributed by atoms with Gasteiger partial charge >= 0.3 is 0 Å². The monoisotopic (exact) mass is 205 g/mol. The molecule has 0 bridgehead atoms. The van der Waals surface area contributed by atoms with Crippen molar-refractivity contribution in [2.75, 3.05) is 0 Å². The Balaban J connectivity index is 0.000000980. The summed E-state index contributed by atoms with van der Waals surface area (Å²) in [5.41, 5.74) is 7.52. The summed E-state index contributed by atoms with van der Waals surface area (Å²) in [5, 5.41) is 0. The predicted molar refractivity (Wildman–Crippen MR) is 54.4 cm³/mol. The molecule has 0 aliphatic carbocycles. The second kappa shape index (κ2) is 4.80. The molecule has 1 nitrogen and oxygen atoms in total. The molecule has 0 aliphatic rings. The molecule has 0 atom stereocenters. The topological polar surface area (TPSA) is 27.6 Å². The molecule has 0 saturated heterocycles. The summed E-state index contributed by atoms with van der Waals surface area (Å²) in [7, 11) is 0. The largest absolute Gasteiger partial charge is 1.00 e. The van der Waals surface area contributed by atoms with Crippen molar-refractivity contribution >= 4 is 5.69 Å². The number of benzene rings is 2. The Kier molecular flexibility index (Phi) is 3.69. The first-order valence-corrected chi connectivity index (χ1v) is 4.34. The molecule has 0 saturated carbocycles. The Morgan fingerprint density at radius 1 is 0.714 bits per heavy atom. The van der Waals surface area contributed by atoms with Crippen LogP contribution in [0.25, 0.3) is 11.1 Å². The fourth-order valence-corrected chi connectivity index (χ4v) is 1.42. The summed E-state index contributed by atoms with van der Waals surface area (Å²) in [4.78, 5) is 0. The Bertz CT molecular complexity index is 398. The Morgan fingerprint density at radius 3 is 1.93 bits per heavy atom. The van der Waals surface area contributed by atoms with E-state index in [9.17, 15) is 0 Å². The summed E-state index contributed by atoms with van der Waals surface area (Å²) in [6, 6.07) is 18.5. The van der Waals surface area contributed by atoms with Crippen molar-refractivity contribution in [2.24, 2.45) is 0 Å². The van der Waals surface area contributed by atoms with E-state index in [-0.39, 0.29) is 12.4 Å². The molecule has 0 spiro atoms. The van der Waals surface area contributed by atoms with E-state index < -0.39 is 0 Å². The molecule has 3 N–H and O–H groups in total. The van der Waals surface area contributed by atoms with E-state index in [1.165, 1.54) is 11.1 Å². The van der Waals surface area contributed by atoms with Crippen LogP contribution in [-0.4, -0.2) is 0 Å². The van der Waals surface area contributed by atoms with Crippen LogP contribution < -0.4 is 18.1 Å². The van der Waals surface area contributed by atoms with E-state index >= 15 is 0 Å². The maximum Gasteiger partial charge on any atom is 0.135 e. The van der Waals surface area contributed by atoms with Crippen molar-refractivity contribution < 1.29 is 18.1 Å². The lowest BCUT2D eigenvalue weighted by atomic mass is 10.0. The number of rotatable bonds is 1. The van der Waals surface area contributed by atoms with E-state index in [1.807, 2.05) is 36.4 Å². The zero-order chi connectivity index (χ0) is 9.10. The highest BCUT2D eigenvalue weighted by atomic mass is 35.5. The molecule has 2 aromatic carbocycles. The maximum atomic E-state index is 4.00. The molecule has 2 heteroatoms. The molecular weight excluding hydrogens is 194 g/mol. The van der Waals surface area contributed by atoms with Crippen LogP contribution in [0.3, 0.4) is 0 Å². The molecule has 0 heterocycles. The summed E-state index contributed by atoms with van der Waals surface area (Å²) in [5.74, 6) is 0. The van der Waals surface area contributed by atoms with Gasteiger partial charge in [-0.25, -0.2) is 0 Å². The minimum atomic E-state index is 0. The van der Waals surface area contributed by atoms with E-state index in [0.717, 1.165) is 5.69 Å². The normalized spacial score (nSPS) is 9.21. The zero-order valence-electron chi connectivity index (χ0n) is 7.78. The van der Waals surface area contributed by atoms with Gasteiger partial charge in [-0.05, 0) is 17.7 Å². The minimum Gasteiger partial charge on any atom is -1.00 e. The summed E-state index contributed by atoms with van der Waals surface area (Å²) >= 11 is 0. The van der Waals surface area contributed by atoms with Gasteiger partial charge in [-0.15, -0.1) is 0 Å². The predicted octanol–water partition coefficient (Wildman–Crippen LogP) is -0.769. The molecule has 0 aromatic heterocycles. The first-order valence-electron chi connectivity index (χ1n) is 4.34. The van der Waals surface area contributed by atoms with Crippen LogP contribution in [0.15, 0.2) is 54.6 Å². The average Bonchev–Trinajstić information content (AvgIpc) is 2.20. The van der Waals surface area contributed by atoms with Crippen LogP contribution in [0.1, 0.15) is 0 Å². The van der Waals surface area contributed by atoms with E-state index in [0.29, 0.717) is 0 Å². The van der Waals surface area contributed by atoms with Crippen LogP contribution in [0.4, 0.5) is 5.69 Å². The molecule has 0 amide bonds. The van der Waals surface area contributed by atoms with Gasteiger partial charge in [0.05, 0.1) is 0 Å². The van der Waals surface area contributed by atoms with Crippen LogP contribution in [0.2, 0.25) is 0 Å². The van der Waals surface area contributed by atoms with Gasteiger partial charge < -0.3 is 18.1 Å². The molecule has 0 aliphatic heterocycles. The number of hydrogen-bond acceptors (Lipinski definition) is 0. The SMILES string of the molecule is [Cl-].[NH3+]c1ccccc1-c1ccccc1. The number of halogens is 1. The van der Waals surface area contributed by atoms with Crippen LogP contribution in [0, 0.1) is 0 Å². The van der Waals surface area contributed by atoms with Gasteiger partial charge in [0, 0.05) is 5.56 Å². The Labute approximate surface area is 90.0 Å². The van der Waals surface area contributed by atoms with Crippen molar-refractivity contribution in [3.63, 3.8) is 0 Å². The smallest absolute Gasteiger partial charge is 0.135 e. The highest BCUT2D eigenvalue weighted by Gasteiger charge is 2.01. The van der Waals surface area contributed by atoms with Gasteiger partial charge in [0.1, 0.15) is 5.69 Å². The highest BCUT2D eigenvalue weighted by Crippen LogP contribution is 2.23. The van der Waals surface area contributed by atoms with Gasteiger partial charge in [-0.2, -0.15) is 0 Å². The molecule has 72 valence electrons. The van der Waals surface area contributed by atoms with E-state index in [4.69, 9.17) is 0 Å². The van der Waals surface area contributed by atoms with Gasteiger partial charge in [0.25, 0.3) is 0 Å². The Hall–Kier alpha value is -1.31. The van der Waals surface area contributed by atoms with Gasteiger partial charge in [0.15, 0.2) is 0 Å². The lowest BCUT2D eigenvalue weighted by Gasteiger charge is -2.01. The van der Waals surface area contributed by atoms with Crippen molar-refractivity contribution in [3.05, 3.63) is 54.6 Å². The molecule has 2 aromatic rings. The fourth-order valence-electron chi connectivity index (χ4n) is 1.42. The summed E-state index contributed by atoms with van der Waals surface area (Å²) < 4.78 is 0. The van der Waals surface area contributed by atoms with Crippen molar-refractivity contribution in [1.29, 1.82) is 0 Å². The molecule has 0 radical (unpaired) electrons. The quantitative estimate of drug-likeness (QED) is 0.634. The van der Waals surface area contributed by atoms with Crippen molar-refractivity contribution in [3.8, 4) is 11.1 Å². The Morgan fingerprint density at radius 2 is 1.29 bits per heavy atom. The van der Waals surface area contributed by atoms with E-state index in [2.05, 4.69) is 23.9 Å². The molecule has 0 fully saturated rings. The van der Waals surface area contributed by atoms with Gasteiger partial charge in [0.2, 0.25) is 0 Å². The third kappa shape index (κ3) is 2.13. The van der Waals surface area contributed by atoms with Crippen molar-refractivity contribution in [2.45, 2.75) is 0 Å². The highest BCUT2D eigenvalue weighted by molar-refractivity contribution is 5.72. The van der Waals surface area contributed by atoms with Crippen LogP contribution in [-0.2, 0) is 0 Å². The minimum absolute atomic E-state index is 0. The van der Waals surface area contributed by atoms with Gasteiger partial charge in [-0.3, -0.25) is 0 Å². The standard InChI is InChI=1S/C12H11N.ClH/c13-12-9-5-4-8-11(12)10-6-2-1-3-7-10;/h1-9H,13H2;1H. The average molecular weight is 206 g/mol. The van der Waals surface area contributed by atoms with Gasteiger partial charge in [-0.1, -0.05) is 42.5 Å². The first kappa shape index (κ1) is 10.8. The number of hydrogen-bond donors (Lipinski definition) is 1. The lowest BCUT2D eigenvalue weighted by molar-refractivity contribution is -0.253. The first-order chi connectivity index (χ1) is 6.38. The van der Waals surface area contributed by atoms with Crippen LogP contribution in [0.5, 0.6) is 0 Å². The third-order valence-electron chi connectivity index (χ3n) is 2.10. The number of quaternary nitrogens is 1. The lowest BCUT2D eigenvalue weighted by Crippen LogP contribution is -3.00. The van der Waals surface area contributed by atoms with Crippen molar-refractivity contribution in [1.82, 2.24) is 0 Å².